The van der Waals surface area contributed by atoms with Crippen molar-refractivity contribution in [3.8, 4) is 0 Å². The first kappa shape index (κ1) is 20.9. The highest BCUT2D eigenvalue weighted by atomic mass is 19.4. The van der Waals surface area contributed by atoms with E-state index in [2.05, 4.69) is 16.0 Å². The molecule has 5 nitrogen and oxygen atoms in total. The Morgan fingerprint density at radius 2 is 1.86 bits per heavy atom. The predicted molar refractivity (Wildman–Crippen MR) is 102 cm³/mol. The molecule has 1 saturated heterocycles. The molecule has 0 saturated carbocycles. The third kappa shape index (κ3) is 4.95. The van der Waals surface area contributed by atoms with E-state index < -0.39 is 30.0 Å². The van der Waals surface area contributed by atoms with Gasteiger partial charge in [-0.2, -0.15) is 13.2 Å². The first-order valence-electron chi connectivity index (χ1n) is 9.23. The number of aryl methyl sites for hydroxylation is 1. The lowest BCUT2D eigenvalue weighted by Crippen LogP contribution is -2.56. The van der Waals surface area contributed by atoms with Crippen molar-refractivity contribution in [1.29, 1.82) is 0 Å². The Labute approximate surface area is 166 Å². The van der Waals surface area contributed by atoms with Crippen LogP contribution in [-0.4, -0.2) is 17.9 Å². The number of halogens is 3. The molecule has 2 amide bonds. The van der Waals surface area contributed by atoms with Gasteiger partial charge in [-0.3, -0.25) is 14.9 Å². The van der Waals surface area contributed by atoms with Crippen LogP contribution in [0, 0.1) is 6.92 Å². The number of hydrogen-bond donors (Lipinski definition) is 3. The van der Waals surface area contributed by atoms with E-state index in [1.807, 2.05) is 30.3 Å². The SMILES string of the molecule is Cc1cc([C@@H](C)NC(=O)C2CC(=O)NC(c3ccccc3)N2)ccc1C(F)(F)F. The van der Waals surface area contributed by atoms with Gasteiger partial charge in [0.2, 0.25) is 11.8 Å². The first-order valence-corrected chi connectivity index (χ1v) is 9.23. The van der Waals surface area contributed by atoms with Crippen molar-refractivity contribution >= 4 is 11.8 Å². The van der Waals surface area contributed by atoms with Gasteiger partial charge in [-0.05, 0) is 36.6 Å². The van der Waals surface area contributed by atoms with Crippen LogP contribution in [0.1, 0.15) is 47.8 Å². The van der Waals surface area contributed by atoms with Crippen molar-refractivity contribution in [3.05, 3.63) is 70.8 Å². The van der Waals surface area contributed by atoms with Crippen molar-refractivity contribution in [2.75, 3.05) is 0 Å². The molecule has 29 heavy (non-hydrogen) atoms. The molecule has 2 unspecified atom stereocenters. The second-order valence-corrected chi connectivity index (χ2v) is 7.14. The fraction of sp³-hybridized carbons (Fsp3) is 0.333. The van der Waals surface area contributed by atoms with Crippen molar-refractivity contribution in [2.24, 2.45) is 0 Å². The zero-order valence-corrected chi connectivity index (χ0v) is 16.0. The highest BCUT2D eigenvalue weighted by Crippen LogP contribution is 2.33. The number of amides is 2. The molecule has 154 valence electrons. The number of benzene rings is 2. The Kier molecular flexibility index (Phi) is 5.93. The monoisotopic (exact) mass is 405 g/mol. The van der Waals surface area contributed by atoms with Crippen LogP contribution in [0.4, 0.5) is 13.2 Å². The van der Waals surface area contributed by atoms with Crippen LogP contribution in [-0.2, 0) is 15.8 Å². The third-order valence-electron chi connectivity index (χ3n) is 4.93. The van der Waals surface area contributed by atoms with E-state index in [4.69, 9.17) is 0 Å². The average molecular weight is 405 g/mol. The van der Waals surface area contributed by atoms with Gasteiger partial charge in [-0.15, -0.1) is 0 Å². The Balaban J connectivity index is 1.69. The molecule has 2 aromatic rings. The van der Waals surface area contributed by atoms with E-state index in [0.29, 0.717) is 5.56 Å². The molecule has 3 rings (SSSR count). The zero-order valence-electron chi connectivity index (χ0n) is 16.0. The van der Waals surface area contributed by atoms with Gasteiger partial charge in [-0.25, -0.2) is 0 Å². The number of hydrogen-bond acceptors (Lipinski definition) is 3. The minimum absolute atomic E-state index is 0.0199. The molecule has 8 heteroatoms. The quantitative estimate of drug-likeness (QED) is 0.731. The van der Waals surface area contributed by atoms with E-state index in [1.54, 1.807) is 6.92 Å². The topological polar surface area (TPSA) is 70.2 Å². The molecule has 3 N–H and O–H groups in total. The van der Waals surface area contributed by atoms with Crippen LogP contribution in [0.15, 0.2) is 48.5 Å². The lowest BCUT2D eigenvalue weighted by molar-refractivity contribution is -0.138. The zero-order chi connectivity index (χ0) is 21.2. The summed E-state index contributed by atoms with van der Waals surface area (Å²) in [6, 6.07) is 11.7. The second kappa shape index (κ2) is 8.24. The van der Waals surface area contributed by atoms with Crippen LogP contribution in [0.5, 0.6) is 0 Å². The normalized spacial score (nSPS) is 20.7. The molecule has 3 atom stereocenters. The third-order valence-corrected chi connectivity index (χ3v) is 4.93. The van der Waals surface area contributed by atoms with Crippen LogP contribution in [0.2, 0.25) is 0 Å². The fourth-order valence-corrected chi connectivity index (χ4v) is 3.37. The largest absolute Gasteiger partial charge is 0.416 e. The smallest absolute Gasteiger partial charge is 0.348 e. The van der Waals surface area contributed by atoms with Crippen LogP contribution in [0.25, 0.3) is 0 Å². The van der Waals surface area contributed by atoms with Crippen molar-refractivity contribution < 1.29 is 22.8 Å². The molecule has 1 heterocycles. The van der Waals surface area contributed by atoms with Gasteiger partial charge in [0, 0.05) is 0 Å². The van der Waals surface area contributed by atoms with Crippen LogP contribution in [0.3, 0.4) is 0 Å². The molecule has 1 aliphatic heterocycles. The number of rotatable bonds is 4. The summed E-state index contributed by atoms with van der Waals surface area (Å²) in [4.78, 5) is 24.7. The van der Waals surface area contributed by atoms with Gasteiger partial charge < -0.3 is 10.6 Å². The molecule has 0 aliphatic carbocycles. The number of alkyl halides is 3. The van der Waals surface area contributed by atoms with Gasteiger partial charge in [0.25, 0.3) is 0 Å². The van der Waals surface area contributed by atoms with Crippen molar-refractivity contribution in [1.82, 2.24) is 16.0 Å². The minimum atomic E-state index is -4.42. The van der Waals surface area contributed by atoms with E-state index in [0.717, 1.165) is 11.6 Å². The number of carbonyl (C=O) groups is 2. The molecular formula is C21H22F3N3O2. The average Bonchev–Trinajstić information content (AvgIpc) is 2.67. The number of nitrogens with one attached hydrogen (secondary N) is 3. The summed E-state index contributed by atoms with van der Waals surface area (Å²) >= 11 is 0. The summed E-state index contributed by atoms with van der Waals surface area (Å²) in [6.07, 6.45) is -4.92. The summed E-state index contributed by atoms with van der Waals surface area (Å²) in [7, 11) is 0. The predicted octanol–water partition coefficient (Wildman–Crippen LogP) is 3.37. The van der Waals surface area contributed by atoms with Crippen molar-refractivity contribution in [3.63, 3.8) is 0 Å². The molecule has 1 fully saturated rings. The van der Waals surface area contributed by atoms with E-state index >= 15 is 0 Å². The standard InChI is InChI=1S/C21H22F3N3O2/c1-12-10-15(8-9-16(12)21(22,23)24)13(2)25-20(29)17-11-18(28)27-19(26-17)14-6-4-3-5-7-14/h3-10,13,17,19,26H,11H2,1-2H3,(H,25,29)(H,27,28)/t13-,17?,19?/m1/s1. The summed E-state index contributed by atoms with van der Waals surface area (Å²) < 4.78 is 38.8. The minimum Gasteiger partial charge on any atom is -0.348 e. The lowest BCUT2D eigenvalue weighted by Gasteiger charge is -2.32. The van der Waals surface area contributed by atoms with Crippen LogP contribution < -0.4 is 16.0 Å². The van der Waals surface area contributed by atoms with E-state index in [9.17, 15) is 22.8 Å². The Morgan fingerprint density at radius 3 is 2.48 bits per heavy atom. The lowest BCUT2D eigenvalue weighted by atomic mass is 10.00. The maximum atomic E-state index is 12.9. The molecule has 1 aliphatic rings. The molecule has 0 bridgehead atoms. The highest BCUT2D eigenvalue weighted by molar-refractivity contribution is 5.89. The van der Waals surface area contributed by atoms with E-state index in [-0.39, 0.29) is 23.8 Å². The van der Waals surface area contributed by atoms with Gasteiger partial charge in [-0.1, -0.05) is 42.5 Å². The Hall–Kier alpha value is -2.87. The fourth-order valence-electron chi connectivity index (χ4n) is 3.37. The molecule has 2 aromatic carbocycles. The van der Waals surface area contributed by atoms with Gasteiger partial charge >= 0.3 is 6.18 Å². The maximum absolute atomic E-state index is 12.9. The van der Waals surface area contributed by atoms with Gasteiger partial charge in [0.15, 0.2) is 0 Å². The number of carbonyl (C=O) groups excluding carboxylic acids is 2. The summed E-state index contributed by atoms with van der Waals surface area (Å²) in [5.74, 6) is -0.637. The summed E-state index contributed by atoms with van der Waals surface area (Å²) in [5.41, 5.74) is 0.778. The first-order chi connectivity index (χ1) is 13.6. The van der Waals surface area contributed by atoms with Crippen LogP contribution >= 0.6 is 0 Å². The Morgan fingerprint density at radius 1 is 1.17 bits per heavy atom. The molecular weight excluding hydrogens is 383 g/mol. The second-order valence-electron chi connectivity index (χ2n) is 7.14. The van der Waals surface area contributed by atoms with E-state index in [1.165, 1.54) is 19.1 Å². The summed E-state index contributed by atoms with van der Waals surface area (Å²) in [6.45, 7) is 3.08. The van der Waals surface area contributed by atoms with Gasteiger partial charge in [0.1, 0.15) is 6.17 Å². The Bertz CT molecular complexity index is 900. The molecule has 0 aromatic heterocycles. The van der Waals surface area contributed by atoms with Gasteiger partial charge in [0.05, 0.1) is 24.1 Å². The maximum Gasteiger partial charge on any atom is 0.416 e. The summed E-state index contributed by atoms with van der Waals surface area (Å²) in [5, 5.41) is 8.68. The van der Waals surface area contributed by atoms with Crippen molar-refractivity contribution in [2.45, 2.75) is 44.7 Å². The molecule has 0 radical (unpaired) electrons. The highest BCUT2D eigenvalue weighted by Gasteiger charge is 2.33. The molecule has 0 spiro atoms.